The van der Waals surface area contributed by atoms with Gasteiger partial charge in [0.15, 0.2) is 0 Å². The van der Waals surface area contributed by atoms with E-state index >= 15 is 0 Å². The summed E-state index contributed by atoms with van der Waals surface area (Å²) in [6, 6.07) is 13.0. The second-order valence-electron chi connectivity index (χ2n) is 7.80. The van der Waals surface area contributed by atoms with E-state index in [1.165, 1.54) is 5.56 Å². The van der Waals surface area contributed by atoms with Crippen LogP contribution in [-0.4, -0.2) is 56.7 Å². The first kappa shape index (κ1) is 21.6. The van der Waals surface area contributed by atoms with Crippen molar-refractivity contribution in [2.24, 2.45) is 5.92 Å². The Balaban J connectivity index is 1.37. The third-order valence-corrected chi connectivity index (χ3v) is 5.89. The van der Waals surface area contributed by atoms with Gasteiger partial charge in [-0.25, -0.2) is 0 Å². The Hall–Kier alpha value is -2.61. The van der Waals surface area contributed by atoms with Gasteiger partial charge < -0.3 is 19.7 Å². The fourth-order valence-electron chi connectivity index (χ4n) is 3.95. The van der Waals surface area contributed by atoms with E-state index in [1.807, 2.05) is 24.3 Å². The van der Waals surface area contributed by atoms with Gasteiger partial charge in [-0.1, -0.05) is 23.7 Å². The molecule has 2 saturated heterocycles. The van der Waals surface area contributed by atoms with Crippen LogP contribution in [0.3, 0.4) is 0 Å². The number of carbonyl (C=O) groups is 2. The third kappa shape index (κ3) is 5.18. The molecule has 164 valence electrons. The van der Waals surface area contributed by atoms with Crippen molar-refractivity contribution in [1.29, 1.82) is 0 Å². The topological polar surface area (TPSA) is 71.1 Å². The van der Waals surface area contributed by atoms with Gasteiger partial charge in [-0.15, -0.1) is 0 Å². The molecule has 0 spiro atoms. The van der Waals surface area contributed by atoms with E-state index in [4.69, 9.17) is 21.1 Å². The molecule has 1 N–H and O–H groups in total. The molecule has 2 aromatic rings. The number of morpholine rings is 1. The van der Waals surface area contributed by atoms with Crippen molar-refractivity contribution in [3.63, 3.8) is 0 Å². The van der Waals surface area contributed by atoms with Crippen molar-refractivity contribution >= 4 is 34.8 Å². The van der Waals surface area contributed by atoms with Gasteiger partial charge in [-0.2, -0.15) is 0 Å². The van der Waals surface area contributed by atoms with Crippen molar-refractivity contribution in [3.8, 4) is 5.75 Å². The summed E-state index contributed by atoms with van der Waals surface area (Å²) in [6.45, 7) is 4.56. The number of hydrogen-bond donors (Lipinski definition) is 1. The molecule has 31 heavy (non-hydrogen) atoms. The Morgan fingerprint density at radius 1 is 1.19 bits per heavy atom. The van der Waals surface area contributed by atoms with Crippen LogP contribution in [0.4, 0.5) is 11.4 Å². The molecular formula is C23H26ClN3O4. The lowest BCUT2D eigenvalue weighted by molar-refractivity contribution is -0.122. The standard InChI is InChI=1S/C23H26ClN3O4/c1-30-21-7-4-18(24)13-20(21)27-15-17(12-22(27)28)23(29)25-19-5-2-16(3-6-19)14-26-8-10-31-11-9-26/h2-7,13,17H,8-12,14-15H2,1H3,(H,25,29). The van der Waals surface area contributed by atoms with Gasteiger partial charge in [0.25, 0.3) is 0 Å². The van der Waals surface area contributed by atoms with Crippen LogP contribution in [0.2, 0.25) is 5.02 Å². The van der Waals surface area contributed by atoms with Crippen molar-refractivity contribution in [2.45, 2.75) is 13.0 Å². The number of ether oxygens (including phenoxy) is 2. The highest BCUT2D eigenvalue weighted by atomic mass is 35.5. The van der Waals surface area contributed by atoms with E-state index in [1.54, 1.807) is 30.2 Å². The molecule has 2 aromatic carbocycles. The minimum absolute atomic E-state index is 0.124. The average molecular weight is 444 g/mol. The molecule has 2 fully saturated rings. The van der Waals surface area contributed by atoms with Crippen LogP contribution in [0, 0.1) is 5.92 Å². The largest absolute Gasteiger partial charge is 0.495 e. The average Bonchev–Trinajstić information content (AvgIpc) is 3.17. The molecule has 0 bridgehead atoms. The third-order valence-electron chi connectivity index (χ3n) is 5.66. The number of halogens is 1. The number of nitrogens with one attached hydrogen (secondary N) is 1. The molecule has 8 heteroatoms. The normalized spacial score (nSPS) is 19.5. The zero-order valence-corrected chi connectivity index (χ0v) is 18.2. The maximum absolute atomic E-state index is 12.8. The van der Waals surface area contributed by atoms with Crippen LogP contribution in [0.25, 0.3) is 0 Å². The SMILES string of the molecule is COc1ccc(Cl)cc1N1CC(C(=O)Nc2ccc(CN3CCOCC3)cc2)CC1=O. The molecule has 1 atom stereocenters. The predicted molar refractivity (Wildman–Crippen MR) is 120 cm³/mol. The smallest absolute Gasteiger partial charge is 0.229 e. The number of hydrogen-bond acceptors (Lipinski definition) is 5. The summed E-state index contributed by atoms with van der Waals surface area (Å²) in [7, 11) is 1.54. The number of benzene rings is 2. The first-order valence-corrected chi connectivity index (χ1v) is 10.7. The van der Waals surface area contributed by atoms with Gasteiger partial charge in [0.2, 0.25) is 11.8 Å². The fourth-order valence-corrected chi connectivity index (χ4v) is 4.11. The van der Waals surface area contributed by atoms with Gasteiger partial charge in [-0.3, -0.25) is 14.5 Å². The zero-order valence-electron chi connectivity index (χ0n) is 17.5. The highest BCUT2D eigenvalue weighted by Crippen LogP contribution is 2.35. The molecule has 2 aliphatic rings. The molecule has 0 saturated carbocycles. The first-order valence-electron chi connectivity index (χ1n) is 10.4. The van der Waals surface area contributed by atoms with E-state index in [9.17, 15) is 9.59 Å². The highest BCUT2D eigenvalue weighted by molar-refractivity contribution is 6.31. The van der Waals surface area contributed by atoms with E-state index < -0.39 is 5.92 Å². The number of anilines is 2. The molecule has 7 nitrogen and oxygen atoms in total. The summed E-state index contributed by atoms with van der Waals surface area (Å²) in [5.74, 6) is -0.182. The lowest BCUT2D eigenvalue weighted by Gasteiger charge is -2.26. The Morgan fingerprint density at radius 3 is 2.65 bits per heavy atom. The van der Waals surface area contributed by atoms with Crippen molar-refractivity contribution in [1.82, 2.24) is 4.90 Å². The number of amides is 2. The van der Waals surface area contributed by atoms with E-state index in [0.717, 1.165) is 38.5 Å². The second-order valence-corrected chi connectivity index (χ2v) is 8.23. The van der Waals surface area contributed by atoms with Crippen LogP contribution in [0.15, 0.2) is 42.5 Å². The van der Waals surface area contributed by atoms with Crippen LogP contribution >= 0.6 is 11.6 Å². The summed E-state index contributed by atoms with van der Waals surface area (Å²) in [5, 5.41) is 3.45. The predicted octanol–water partition coefficient (Wildman–Crippen LogP) is 3.17. The van der Waals surface area contributed by atoms with Crippen molar-refractivity contribution in [3.05, 3.63) is 53.1 Å². The molecule has 0 radical (unpaired) electrons. The number of methoxy groups -OCH3 is 1. The maximum atomic E-state index is 12.8. The Morgan fingerprint density at radius 2 is 1.94 bits per heavy atom. The molecule has 1 unspecified atom stereocenters. The van der Waals surface area contributed by atoms with Gasteiger partial charge in [0.05, 0.1) is 31.9 Å². The lowest BCUT2D eigenvalue weighted by Crippen LogP contribution is -2.35. The molecular weight excluding hydrogens is 418 g/mol. The Labute approximate surface area is 186 Å². The molecule has 2 aliphatic heterocycles. The quantitative estimate of drug-likeness (QED) is 0.742. The second kappa shape index (κ2) is 9.68. The van der Waals surface area contributed by atoms with Gasteiger partial charge >= 0.3 is 0 Å². The van der Waals surface area contributed by atoms with E-state index in [-0.39, 0.29) is 24.8 Å². The summed E-state index contributed by atoms with van der Waals surface area (Å²) in [5.41, 5.74) is 2.50. The van der Waals surface area contributed by atoms with Gasteiger partial charge in [0, 0.05) is 43.3 Å². The van der Waals surface area contributed by atoms with E-state index in [0.29, 0.717) is 16.5 Å². The molecule has 2 amide bonds. The van der Waals surface area contributed by atoms with Crippen molar-refractivity contribution < 1.29 is 19.1 Å². The Bertz CT molecular complexity index is 944. The van der Waals surface area contributed by atoms with Crippen molar-refractivity contribution in [2.75, 3.05) is 50.2 Å². The summed E-state index contributed by atoms with van der Waals surface area (Å²) >= 11 is 6.10. The highest BCUT2D eigenvalue weighted by Gasteiger charge is 2.36. The maximum Gasteiger partial charge on any atom is 0.229 e. The number of nitrogens with zero attached hydrogens (tertiary/aromatic N) is 2. The molecule has 4 rings (SSSR count). The van der Waals surface area contributed by atoms with E-state index in [2.05, 4.69) is 10.2 Å². The molecule has 2 heterocycles. The van der Waals surface area contributed by atoms with Crippen LogP contribution < -0.4 is 15.0 Å². The van der Waals surface area contributed by atoms with Gasteiger partial charge in [0.1, 0.15) is 5.75 Å². The zero-order chi connectivity index (χ0) is 21.8. The van der Waals surface area contributed by atoms with Gasteiger partial charge in [-0.05, 0) is 35.9 Å². The Kier molecular flexibility index (Phi) is 6.75. The fraction of sp³-hybridized carbons (Fsp3) is 0.391. The van der Waals surface area contributed by atoms with Crippen LogP contribution in [-0.2, 0) is 20.9 Å². The lowest BCUT2D eigenvalue weighted by atomic mass is 10.1. The first-order chi connectivity index (χ1) is 15.0. The molecule has 0 aliphatic carbocycles. The van der Waals surface area contributed by atoms with Crippen LogP contribution in [0.5, 0.6) is 5.75 Å². The minimum Gasteiger partial charge on any atom is -0.495 e. The summed E-state index contributed by atoms with van der Waals surface area (Å²) in [6.07, 6.45) is 0.149. The minimum atomic E-state index is -0.441. The van der Waals surface area contributed by atoms with Crippen LogP contribution in [0.1, 0.15) is 12.0 Å². The number of rotatable bonds is 6. The summed E-state index contributed by atoms with van der Waals surface area (Å²) < 4.78 is 10.7. The monoisotopic (exact) mass is 443 g/mol. The molecule has 0 aromatic heterocycles. The number of carbonyl (C=O) groups excluding carboxylic acids is 2. The summed E-state index contributed by atoms with van der Waals surface area (Å²) in [4.78, 5) is 29.3.